The van der Waals surface area contributed by atoms with Crippen molar-refractivity contribution in [1.29, 1.82) is 0 Å². The molecule has 90 valence electrons. The Morgan fingerprint density at radius 1 is 0.684 bits per heavy atom. The van der Waals surface area contributed by atoms with Crippen LogP contribution in [0, 0.1) is 0 Å². The highest BCUT2D eigenvalue weighted by Crippen LogP contribution is 2.36. The molecule has 0 spiro atoms. The van der Waals surface area contributed by atoms with Gasteiger partial charge in [-0.1, -0.05) is 70.5 Å². The summed E-state index contributed by atoms with van der Waals surface area (Å²) in [4.78, 5) is 1.92. The largest absolute Gasteiger partial charge is 0.0610 e. The molecule has 0 bridgehead atoms. The van der Waals surface area contributed by atoms with Crippen LogP contribution in [0.1, 0.15) is 5.56 Å². The highest BCUT2D eigenvalue weighted by Gasteiger charge is 2.08. The molecule has 1 heteroatoms. The summed E-state index contributed by atoms with van der Waals surface area (Å²) in [5, 5.41) is 8.01. The van der Waals surface area contributed by atoms with Gasteiger partial charge in [0.1, 0.15) is 0 Å². The standard InChI is InChI=1S/C18H11Br/c19-11-10-12-4-5-15-7-6-13-2-1-3-14-8-9-16(12)18(15)17(13)14/h1-11H. The van der Waals surface area contributed by atoms with Gasteiger partial charge in [0.05, 0.1) is 0 Å². The molecule has 0 aliphatic heterocycles. The van der Waals surface area contributed by atoms with E-state index in [0.29, 0.717) is 0 Å². The van der Waals surface area contributed by atoms with Crippen LogP contribution in [-0.4, -0.2) is 0 Å². The summed E-state index contributed by atoms with van der Waals surface area (Å²) in [6, 6.07) is 19.8. The van der Waals surface area contributed by atoms with Crippen LogP contribution in [0.4, 0.5) is 0 Å². The molecule has 0 saturated heterocycles. The third-order valence-corrected chi connectivity index (χ3v) is 4.07. The summed E-state index contributed by atoms with van der Waals surface area (Å²) in [5.41, 5.74) is 1.25. The predicted molar refractivity (Wildman–Crippen MR) is 88.1 cm³/mol. The Balaban J connectivity index is 2.34. The van der Waals surface area contributed by atoms with Crippen molar-refractivity contribution in [3.8, 4) is 0 Å². The summed E-state index contributed by atoms with van der Waals surface area (Å²) in [7, 11) is 0. The van der Waals surface area contributed by atoms with Crippen molar-refractivity contribution < 1.29 is 0 Å². The molecule has 0 aliphatic rings. The molecule has 0 aromatic heterocycles. The topological polar surface area (TPSA) is 0 Å². The van der Waals surface area contributed by atoms with Crippen molar-refractivity contribution in [2.45, 2.75) is 0 Å². The average Bonchev–Trinajstić information content (AvgIpc) is 2.46. The zero-order chi connectivity index (χ0) is 12.8. The second-order valence-corrected chi connectivity index (χ2v) is 5.33. The summed E-state index contributed by atoms with van der Waals surface area (Å²) in [6.45, 7) is 0. The highest BCUT2D eigenvalue weighted by molar-refractivity contribution is 9.11. The van der Waals surface area contributed by atoms with E-state index in [9.17, 15) is 0 Å². The first-order chi connectivity index (χ1) is 9.38. The van der Waals surface area contributed by atoms with Crippen molar-refractivity contribution in [2.75, 3.05) is 0 Å². The van der Waals surface area contributed by atoms with E-state index in [-0.39, 0.29) is 0 Å². The Bertz CT molecular complexity index is 903. The average molecular weight is 307 g/mol. The third kappa shape index (κ3) is 1.52. The fourth-order valence-corrected chi connectivity index (χ4v) is 3.26. The number of hydrogen-bond acceptors (Lipinski definition) is 0. The Hall–Kier alpha value is -1.86. The molecule has 0 unspecified atom stereocenters. The van der Waals surface area contributed by atoms with E-state index >= 15 is 0 Å². The minimum Gasteiger partial charge on any atom is -0.0610 e. The van der Waals surface area contributed by atoms with Gasteiger partial charge < -0.3 is 0 Å². The zero-order valence-corrected chi connectivity index (χ0v) is 11.8. The van der Waals surface area contributed by atoms with Gasteiger partial charge in [-0.3, -0.25) is 0 Å². The van der Waals surface area contributed by atoms with Crippen LogP contribution >= 0.6 is 15.9 Å². The van der Waals surface area contributed by atoms with Gasteiger partial charge in [0.25, 0.3) is 0 Å². The maximum Gasteiger partial charge on any atom is -0.00208 e. The minimum atomic E-state index is 1.25. The Labute approximate surface area is 119 Å². The molecule has 0 saturated carbocycles. The second kappa shape index (κ2) is 4.07. The lowest BCUT2D eigenvalue weighted by Gasteiger charge is -2.12. The third-order valence-electron chi connectivity index (χ3n) is 3.80. The summed E-state index contributed by atoms with van der Waals surface area (Å²) in [6.07, 6.45) is 2.10. The normalized spacial score (nSPS) is 12.3. The number of benzene rings is 4. The molecule has 4 aromatic carbocycles. The molecule has 0 heterocycles. The SMILES string of the molecule is BrC=Cc1ccc2ccc3cccc4ccc1c2c34. The molecule has 19 heavy (non-hydrogen) atoms. The first-order valence-electron chi connectivity index (χ1n) is 6.32. The van der Waals surface area contributed by atoms with Gasteiger partial charge in [-0.2, -0.15) is 0 Å². The first kappa shape index (κ1) is 11.0. The van der Waals surface area contributed by atoms with E-state index in [1.807, 2.05) is 4.99 Å². The molecule has 0 N–H and O–H groups in total. The molecular formula is C18H11Br. The lowest BCUT2D eigenvalue weighted by molar-refractivity contribution is 1.75. The van der Waals surface area contributed by atoms with E-state index in [0.717, 1.165) is 0 Å². The van der Waals surface area contributed by atoms with E-state index in [1.165, 1.54) is 37.9 Å². The summed E-state index contributed by atoms with van der Waals surface area (Å²) < 4.78 is 0. The van der Waals surface area contributed by atoms with Gasteiger partial charge in [0.2, 0.25) is 0 Å². The van der Waals surface area contributed by atoms with Crippen molar-refractivity contribution in [3.05, 3.63) is 65.1 Å². The van der Waals surface area contributed by atoms with Crippen molar-refractivity contribution in [2.24, 2.45) is 0 Å². The number of rotatable bonds is 1. The van der Waals surface area contributed by atoms with Crippen LogP contribution in [0.15, 0.2) is 59.6 Å². The van der Waals surface area contributed by atoms with Crippen LogP contribution < -0.4 is 0 Å². The summed E-state index contributed by atoms with van der Waals surface area (Å²) in [5.74, 6) is 0. The van der Waals surface area contributed by atoms with Crippen LogP contribution in [0.5, 0.6) is 0 Å². The van der Waals surface area contributed by atoms with Crippen molar-refractivity contribution in [3.63, 3.8) is 0 Å². The van der Waals surface area contributed by atoms with E-state index in [1.54, 1.807) is 0 Å². The van der Waals surface area contributed by atoms with Gasteiger partial charge in [-0.15, -0.1) is 0 Å². The van der Waals surface area contributed by atoms with Crippen LogP contribution in [0.25, 0.3) is 38.4 Å². The van der Waals surface area contributed by atoms with Gasteiger partial charge in [0, 0.05) is 0 Å². The fourth-order valence-electron chi connectivity index (χ4n) is 2.97. The number of halogens is 1. The molecule has 4 rings (SSSR count). The highest BCUT2D eigenvalue weighted by atomic mass is 79.9. The maximum atomic E-state index is 3.37. The van der Waals surface area contributed by atoms with Gasteiger partial charge in [0.15, 0.2) is 0 Å². The van der Waals surface area contributed by atoms with Crippen LogP contribution in [-0.2, 0) is 0 Å². The smallest absolute Gasteiger partial charge is 0.00208 e. The second-order valence-electron chi connectivity index (χ2n) is 4.80. The van der Waals surface area contributed by atoms with E-state index in [4.69, 9.17) is 0 Å². The number of hydrogen-bond donors (Lipinski definition) is 0. The van der Waals surface area contributed by atoms with E-state index in [2.05, 4.69) is 76.6 Å². The van der Waals surface area contributed by atoms with Gasteiger partial charge in [-0.25, -0.2) is 0 Å². The molecule has 4 aromatic rings. The quantitative estimate of drug-likeness (QED) is 0.381. The van der Waals surface area contributed by atoms with Gasteiger partial charge in [-0.05, 0) is 48.9 Å². The molecular weight excluding hydrogens is 296 g/mol. The first-order valence-corrected chi connectivity index (χ1v) is 7.23. The Morgan fingerprint density at radius 2 is 1.32 bits per heavy atom. The van der Waals surface area contributed by atoms with Crippen molar-refractivity contribution in [1.82, 2.24) is 0 Å². The zero-order valence-electron chi connectivity index (χ0n) is 10.2. The monoisotopic (exact) mass is 306 g/mol. The lowest BCUT2D eigenvalue weighted by Crippen LogP contribution is -1.85. The van der Waals surface area contributed by atoms with Crippen LogP contribution in [0.2, 0.25) is 0 Å². The molecule has 0 aliphatic carbocycles. The molecule has 0 nitrogen and oxygen atoms in total. The van der Waals surface area contributed by atoms with Crippen LogP contribution in [0.3, 0.4) is 0 Å². The lowest BCUT2D eigenvalue weighted by atomic mass is 9.92. The molecule has 0 fully saturated rings. The maximum absolute atomic E-state index is 3.37. The molecule has 0 atom stereocenters. The molecule has 0 radical (unpaired) electrons. The fraction of sp³-hybridized carbons (Fsp3) is 0. The van der Waals surface area contributed by atoms with E-state index < -0.39 is 0 Å². The van der Waals surface area contributed by atoms with Gasteiger partial charge >= 0.3 is 0 Å². The summed E-state index contributed by atoms with van der Waals surface area (Å²) >= 11 is 3.37. The molecule has 0 amide bonds. The Morgan fingerprint density at radius 3 is 2.05 bits per heavy atom. The Kier molecular flexibility index (Phi) is 2.36. The minimum absolute atomic E-state index is 1.25. The van der Waals surface area contributed by atoms with Crippen molar-refractivity contribution >= 4 is 54.3 Å². The predicted octanol–water partition coefficient (Wildman–Crippen LogP) is 5.95.